The number of carbonyl (C=O) groups is 1. The average molecular weight is 130 g/mol. The molecule has 1 saturated carbocycles. The van der Waals surface area contributed by atoms with Crippen molar-refractivity contribution in [2.24, 2.45) is 0 Å². The lowest BCUT2D eigenvalue weighted by molar-refractivity contribution is -0.133. The van der Waals surface area contributed by atoms with E-state index in [9.17, 15) is 4.79 Å². The third kappa shape index (κ3) is 1.68. The number of aliphatic hydroxyl groups is 1. The van der Waals surface area contributed by atoms with Gasteiger partial charge in [-0.3, -0.25) is 4.79 Å². The summed E-state index contributed by atoms with van der Waals surface area (Å²) in [5.41, 5.74) is 0. The third-order valence-electron chi connectivity index (χ3n) is 1.60. The number of hydrogen-bond acceptors (Lipinski definition) is 3. The van der Waals surface area contributed by atoms with E-state index in [0.29, 0.717) is 12.9 Å². The standard InChI is InChI=1S/C6H10O3/c7-4-9-6-2-1-5(8)3-6/h4-6,8H,1-3H2/t5-,6-/m0/s1. The summed E-state index contributed by atoms with van der Waals surface area (Å²) in [7, 11) is 0. The summed E-state index contributed by atoms with van der Waals surface area (Å²) in [6.07, 6.45) is 1.89. The maximum atomic E-state index is 9.76. The lowest BCUT2D eigenvalue weighted by Gasteiger charge is -2.04. The van der Waals surface area contributed by atoms with Crippen LogP contribution in [0, 0.1) is 0 Å². The largest absolute Gasteiger partial charge is 0.464 e. The Morgan fingerprint density at radius 1 is 1.56 bits per heavy atom. The fourth-order valence-electron chi connectivity index (χ4n) is 1.12. The van der Waals surface area contributed by atoms with E-state index in [-0.39, 0.29) is 12.2 Å². The normalized spacial score (nSPS) is 34.3. The number of aliphatic hydroxyl groups excluding tert-OH is 1. The van der Waals surface area contributed by atoms with Gasteiger partial charge in [-0.2, -0.15) is 0 Å². The summed E-state index contributed by atoms with van der Waals surface area (Å²) in [5.74, 6) is 0. The fourth-order valence-corrected chi connectivity index (χ4v) is 1.12. The first-order valence-electron chi connectivity index (χ1n) is 3.10. The Bertz CT molecular complexity index is 102. The van der Waals surface area contributed by atoms with Gasteiger partial charge in [0.05, 0.1) is 6.10 Å². The van der Waals surface area contributed by atoms with Gasteiger partial charge in [-0.15, -0.1) is 0 Å². The van der Waals surface area contributed by atoms with Crippen molar-refractivity contribution < 1.29 is 14.6 Å². The van der Waals surface area contributed by atoms with E-state index in [1.54, 1.807) is 0 Å². The van der Waals surface area contributed by atoms with Gasteiger partial charge in [-0.05, 0) is 12.8 Å². The summed E-state index contributed by atoms with van der Waals surface area (Å²) in [6.45, 7) is 0.447. The van der Waals surface area contributed by atoms with Crippen LogP contribution in [0.25, 0.3) is 0 Å². The second-order valence-corrected chi connectivity index (χ2v) is 2.32. The molecule has 0 aromatic heterocycles. The number of hydrogen-bond donors (Lipinski definition) is 1. The summed E-state index contributed by atoms with van der Waals surface area (Å²) in [6, 6.07) is 0. The zero-order chi connectivity index (χ0) is 6.69. The minimum Gasteiger partial charge on any atom is -0.464 e. The molecule has 2 atom stereocenters. The molecule has 0 heterocycles. The molecular formula is C6H10O3. The maximum Gasteiger partial charge on any atom is 0.293 e. The molecule has 0 aromatic rings. The molecule has 0 spiro atoms. The highest BCUT2D eigenvalue weighted by Gasteiger charge is 2.23. The molecule has 1 aliphatic carbocycles. The quantitative estimate of drug-likeness (QED) is 0.538. The average Bonchev–Trinajstić information content (AvgIpc) is 2.17. The first-order chi connectivity index (χ1) is 4.33. The summed E-state index contributed by atoms with van der Waals surface area (Å²) < 4.78 is 4.63. The van der Waals surface area contributed by atoms with Crippen LogP contribution in [0.2, 0.25) is 0 Å². The zero-order valence-corrected chi connectivity index (χ0v) is 5.12. The van der Waals surface area contributed by atoms with Crippen LogP contribution in [0.5, 0.6) is 0 Å². The van der Waals surface area contributed by atoms with E-state index in [0.717, 1.165) is 12.8 Å². The van der Waals surface area contributed by atoms with E-state index in [4.69, 9.17) is 5.11 Å². The molecule has 0 bridgehead atoms. The highest BCUT2D eigenvalue weighted by atomic mass is 16.5. The number of ether oxygens (including phenoxy) is 1. The van der Waals surface area contributed by atoms with Gasteiger partial charge in [0.25, 0.3) is 6.47 Å². The molecule has 52 valence electrons. The molecule has 3 heteroatoms. The van der Waals surface area contributed by atoms with Crippen molar-refractivity contribution in [3.05, 3.63) is 0 Å². The zero-order valence-electron chi connectivity index (χ0n) is 5.12. The van der Waals surface area contributed by atoms with Gasteiger partial charge in [0, 0.05) is 6.42 Å². The predicted molar refractivity (Wildman–Crippen MR) is 30.8 cm³/mol. The van der Waals surface area contributed by atoms with Gasteiger partial charge in [-0.1, -0.05) is 0 Å². The molecule has 1 N–H and O–H groups in total. The van der Waals surface area contributed by atoms with Crippen molar-refractivity contribution >= 4 is 6.47 Å². The first kappa shape index (κ1) is 6.55. The van der Waals surface area contributed by atoms with Gasteiger partial charge in [0.15, 0.2) is 0 Å². The van der Waals surface area contributed by atoms with Gasteiger partial charge in [-0.25, -0.2) is 0 Å². The van der Waals surface area contributed by atoms with Gasteiger partial charge in [0.1, 0.15) is 6.10 Å². The Balaban J connectivity index is 2.21. The van der Waals surface area contributed by atoms with Crippen LogP contribution in [-0.4, -0.2) is 23.8 Å². The lowest BCUT2D eigenvalue weighted by Crippen LogP contribution is -2.08. The monoisotopic (exact) mass is 130 g/mol. The van der Waals surface area contributed by atoms with E-state index >= 15 is 0 Å². The van der Waals surface area contributed by atoms with Gasteiger partial charge < -0.3 is 9.84 Å². The molecule has 1 fully saturated rings. The van der Waals surface area contributed by atoms with E-state index in [2.05, 4.69) is 4.74 Å². The molecule has 0 saturated heterocycles. The molecule has 1 rings (SSSR count). The minimum absolute atomic E-state index is 0.0301. The molecule has 0 amide bonds. The van der Waals surface area contributed by atoms with E-state index in [1.165, 1.54) is 0 Å². The summed E-state index contributed by atoms with van der Waals surface area (Å²) >= 11 is 0. The van der Waals surface area contributed by atoms with Crippen LogP contribution in [0.1, 0.15) is 19.3 Å². The van der Waals surface area contributed by atoms with Crippen molar-refractivity contribution in [3.8, 4) is 0 Å². The van der Waals surface area contributed by atoms with Crippen molar-refractivity contribution in [2.75, 3.05) is 0 Å². The van der Waals surface area contributed by atoms with Crippen LogP contribution < -0.4 is 0 Å². The van der Waals surface area contributed by atoms with Crippen molar-refractivity contribution in [3.63, 3.8) is 0 Å². The van der Waals surface area contributed by atoms with Crippen LogP contribution in [0.4, 0.5) is 0 Å². The molecule has 0 radical (unpaired) electrons. The lowest BCUT2D eigenvalue weighted by atomic mass is 10.3. The van der Waals surface area contributed by atoms with Crippen molar-refractivity contribution in [1.82, 2.24) is 0 Å². The van der Waals surface area contributed by atoms with Gasteiger partial charge in [0.2, 0.25) is 0 Å². The molecule has 9 heavy (non-hydrogen) atoms. The highest BCUT2D eigenvalue weighted by Crippen LogP contribution is 2.20. The maximum absolute atomic E-state index is 9.76. The van der Waals surface area contributed by atoms with Crippen molar-refractivity contribution in [2.45, 2.75) is 31.5 Å². The van der Waals surface area contributed by atoms with E-state index in [1.807, 2.05) is 0 Å². The third-order valence-corrected chi connectivity index (χ3v) is 1.60. The SMILES string of the molecule is O=CO[C@H]1CC[C@H](O)C1. The van der Waals surface area contributed by atoms with Crippen molar-refractivity contribution in [1.29, 1.82) is 0 Å². The molecule has 0 unspecified atom stereocenters. The topological polar surface area (TPSA) is 46.5 Å². The highest BCUT2D eigenvalue weighted by molar-refractivity contribution is 5.37. The minimum atomic E-state index is -0.255. The Kier molecular flexibility index (Phi) is 2.05. The van der Waals surface area contributed by atoms with E-state index < -0.39 is 0 Å². The van der Waals surface area contributed by atoms with Crippen LogP contribution in [-0.2, 0) is 9.53 Å². The second kappa shape index (κ2) is 2.82. The molecular weight excluding hydrogens is 120 g/mol. The van der Waals surface area contributed by atoms with Crippen LogP contribution in [0.15, 0.2) is 0 Å². The number of rotatable bonds is 2. The predicted octanol–water partition coefficient (Wildman–Crippen LogP) is 0.0728. The molecule has 0 aromatic carbocycles. The Hall–Kier alpha value is -0.570. The smallest absolute Gasteiger partial charge is 0.293 e. The van der Waals surface area contributed by atoms with Gasteiger partial charge >= 0.3 is 0 Å². The first-order valence-corrected chi connectivity index (χ1v) is 3.10. The second-order valence-electron chi connectivity index (χ2n) is 2.32. The van der Waals surface area contributed by atoms with Crippen LogP contribution in [0.3, 0.4) is 0 Å². The van der Waals surface area contributed by atoms with Crippen LogP contribution >= 0.6 is 0 Å². The molecule has 1 aliphatic rings. The summed E-state index contributed by atoms with van der Waals surface area (Å²) in [5, 5.41) is 8.93. The Labute approximate surface area is 53.6 Å². The number of carbonyl (C=O) groups excluding carboxylic acids is 1. The Morgan fingerprint density at radius 3 is 2.78 bits per heavy atom. The Morgan fingerprint density at radius 2 is 2.33 bits per heavy atom. The molecule has 0 aliphatic heterocycles. The molecule has 3 nitrogen and oxygen atoms in total. The fraction of sp³-hybridized carbons (Fsp3) is 0.833. The summed E-state index contributed by atoms with van der Waals surface area (Å²) in [4.78, 5) is 9.76.